The fourth-order valence-corrected chi connectivity index (χ4v) is 2.17. The minimum absolute atomic E-state index is 0.113. The van der Waals surface area contributed by atoms with Gasteiger partial charge in [-0.3, -0.25) is 0 Å². The number of benzene rings is 1. The van der Waals surface area contributed by atoms with E-state index in [1.807, 2.05) is 30.3 Å². The Kier molecular flexibility index (Phi) is 4.36. The SMILES string of the molecule is NC(=O)C[Se]C(=O)Cc1ccccc1. The molecule has 0 fully saturated rings. The van der Waals surface area contributed by atoms with Gasteiger partial charge >= 0.3 is 88.5 Å². The van der Waals surface area contributed by atoms with Crippen LogP contribution < -0.4 is 5.73 Å². The monoisotopic (exact) mass is 257 g/mol. The predicted octanol–water partition coefficient (Wildman–Crippen LogP) is 0.363. The molecular formula is C10H11NO2Se. The van der Waals surface area contributed by atoms with Crippen LogP contribution in [0.25, 0.3) is 0 Å². The van der Waals surface area contributed by atoms with Crippen molar-refractivity contribution in [3.63, 3.8) is 0 Å². The molecular weight excluding hydrogens is 245 g/mol. The van der Waals surface area contributed by atoms with Gasteiger partial charge in [0.05, 0.1) is 0 Å². The molecule has 1 aromatic carbocycles. The van der Waals surface area contributed by atoms with Gasteiger partial charge in [-0.1, -0.05) is 0 Å². The summed E-state index contributed by atoms with van der Waals surface area (Å²) in [5.41, 5.74) is 5.95. The molecule has 0 radical (unpaired) electrons. The molecule has 14 heavy (non-hydrogen) atoms. The first-order valence-electron chi connectivity index (χ1n) is 4.16. The molecule has 0 aromatic heterocycles. The van der Waals surface area contributed by atoms with Gasteiger partial charge in [-0.05, 0) is 0 Å². The van der Waals surface area contributed by atoms with Crippen LogP contribution in [0, 0.1) is 0 Å². The zero-order chi connectivity index (χ0) is 10.4. The van der Waals surface area contributed by atoms with Crippen LogP contribution in [0.3, 0.4) is 0 Å². The van der Waals surface area contributed by atoms with E-state index in [1.165, 1.54) is 0 Å². The summed E-state index contributed by atoms with van der Waals surface area (Å²) in [5, 5.41) is 0.207. The van der Waals surface area contributed by atoms with Crippen molar-refractivity contribution < 1.29 is 9.59 Å². The Bertz CT molecular complexity index is 324. The van der Waals surface area contributed by atoms with Crippen molar-refractivity contribution in [3.05, 3.63) is 35.9 Å². The number of primary amides is 1. The molecule has 0 saturated heterocycles. The van der Waals surface area contributed by atoms with E-state index in [0.717, 1.165) is 5.56 Å². The average molecular weight is 256 g/mol. The molecule has 3 nitrogen and oxygen atoms in total. The van der Waals surface area contributed by atoms with Gasteiger partial charge in [0.2, 0.25) is 0 Å². The van der Waals surface area contributed by atoms with Crippen LogP contribution in [0.15, 0.2) is 30.3 Å². The Hall–Kier alpha value is -1.12. The quantitative estimate of drug-likeness (QED) is 0.773. The molecule has 0 aliphatic carbocycles. The minimum atomic E-state index is -0.397. The molecule has 0 bridgehead atoms. The third-order valence-corrected chi connectivity index (χ3v) is 3.44. The van der Waals surface area contributed by atoms with Crippen molar-refractivity contribution in [2.45, 2.75) is 11.7 Å². The molecule has 1 aromatic rings. The van der Waals surface area contributed by atoms with Crippen LogP contribution in [-0.4, -0.2) is 25.5 Å². The second-order valence-corrected chi connectivity index (χ2v) is 4.96. The molecule has 0 aliphatic heterocycles. The van der Waals surface area contributed by atoms with Crippen molar-refractivity contribution in [1.82, 2.24) is 0 Å². The van der Waals surface area contributed by atoms with Crippen molar-refractivity contribution in [2.75, 3.05) is 0 Å². The Labute approximate surface area is 88.8 Å². The third kappa shape index (κ3) is 4.21. The summed E-state index contributed by atoms with van der Waals surface area (Å²) < 4.78 is 0.113. The average Bonchev–Trinajstić information content (AvgIpc) is 2.16. The van der Waals surface area contributed by atoms with Crippen LogP contribution in [0.4, 0.5) is 0 Å². The molecule has 0 heterocycles. The van der Waals surface area contributed by atoms with Crippen LogP contribution in [0.1, 0.15) is 5.56 Å². The number of rotatable bonds is 5. The maximum atomic E-state index is 11.3. The molecule has 0 spiro atoms. The second kappa shape index (κ2) is 5.58. The Morgan fingerprint density at radius 3 is 2.43 bits per heavy atom. The topological polar surface area (TPSA) is 60.2 Å². The van der Waals surface area contributed by atoms with Gasteiger partial charge in [-0.25, -0.2) is 0 Å². The summed E-state index contributed by atoms with van der Waals surface area (Å²) in [6.45, 7) is 0. The fraction of sp³-hybridized carbons (Fsp3) is 0.200. The van der Waals surface area contributed by atoms with Gasteiger partial charge in [0, 0.05) is 0 Å². The van der Waals surface area contributed by atoms with Gasteiger partial charge in [0.1, 0.15) is 0 Å². The number of carbonyl (C=O) groups is 2. The fourth-order valence-electron chi connectivity index (χ4n) is 0.965. The summed E-state index contributed by atoms with van der Waals surface area (Å²) in [7, 11) is 0. The van der Waals surface area contributed by atoms with E-state index in [9.17, 15) is 9.59 Å². The normalized spacial score (nSPS) is 9.71. The zero-order valence-corrected chi connectivity index (χ0v) is 9.32. The molecule has 0 aliphatic rings. The van der Waals surface area contributed by atoms with E-state index in [-0.39, 0.29) is 25.0 Å². The summed E-state index contributed by atoms with van der Waals surface area (Å²) in [4.78, 5) is 21.8. The number of carbonyl (C=O) groups excluding carboxylic acids is 2. The second-order valence-electron chi connectivity index (χ2n) is 2.79. The summed E-state index contributed by atoms with van der Waals surface area (Å²) in [5.74, 6) is -0.397. The van der Waals surface area contributed by atoms with Crippen molar-refractivity contribution in [2.24, 2.45) is 5.73 Å². The Morgan fingerprint density at radius 2 is 1.86 bits per heavy atom. The van der Waals surface area contributed by atoms with E-state index in [1.54, 1.807) is 0 Å². The number of nitrogens with two attached hydrogens (primary N) is 1. The number of hydrogen-bond acceptors (Lipinski definition) is 2. The van der Waals surface area contributed by atoms with Crippen LogP contribution >= 0.6 is 0 Å². The van der Waals surface area contributed by atoms with Crippen LogP contribution in [-0.2, 0) is 16.0 Å². The Morgan fingerprint density at radius 1 is 1.21 bits per heavy atom. The van der Waals surface area contributed by atoms with Gasteiger partial charge in [0.15, 0.2) is 0 Å². The zero-order valence-electron chi connectivity index (χ0n) is 7.60. The summed E-state index contributed by atoms with van der Waals surface area (Å²) >= 11 is -0.304. The molecule has 1 rings (SSSR count). The number of amides is 1. The maximum absolute atomic E-state index is 11.3. The van der Waals surface area contributed by atoms with Crippen LogP contribution in [0.5, 0.6) is 0 Å². The molecule has 0 atom stereocenters. The summed E-state index contributed by atoms with van der Waals surface area (Å²) in [6.07, 6.45) is 0.411. The van der Waals surface area contributed by atoms with Crippen molar-refractivity contribution in [1.29, 1.82) is 0 Å². The molecule has 1 amide bonds. The van der Waals surface area contributed by atoms with E-state index < -0.39 is 5.91 Å². The standard InChI is InChI=1S/C10H11NO2Se/c11-9(12)7-14-10(13)6-8-4-2-1-3-5-8/h1-5H,6-7H2,(H2,11,12). The van der Waals surface area contributed by atoms with E-state index in [4.69, 9.17) is 5.73 Å². The van der Waals surface area contributed by atoms with Gasteiger partial charge in [-0.15, -0.1) is 0 Å². The molecule has 0 saturated carbocycles. The molecule has 4 heteroatoms. The number of hydrogen-bond donors (Lipinski definition) is 1. The van der Waals surface area contributed by atoms with E-state index in [0.29, 0.717) is 6.42 Å². The van der Waals surface area contributed by atoms with Gasteiger partial charge in [-0.2, -0.15) is 0 Å². The molecule has 0 unspecified atom stereocenters. The molecule has 2 N–H and O–H groups in total. The Balaban J connectivity index is 2.38. The molecule has 74 valence electrons. The van der Waals surface area contributed by atoms with E-state index in [2.05, 4.69) is 0 Å². The van der Waals surface area contributed by atoms with Crippen LogP contribution in [0.2, 0.25) is 5.32 Å². The predicted molar refractivity (Wildman–Crippen MR) is 54.9 cm³/mol. The first-order valence-corrected chi connectivity index (χ1v) is 6.23. The first-order chi connectivity index (χ1) is 6.68. The first kappa shape index (κ1) is 11.0. The van der Waals surface area contributed by atoms with Gasteiger partial charge < -0.3 is 0 Å². The van der Waals surface area contributed by atoms with Gasteiger partial charge in [0.25, 0.3) is 0 Å². The third-order valence-electron chi connectivity index (χ3n) is 1.57. The van der Waals surface area contributed by atoms with Crippen molar-refractivity contribution in [3.8, 4) is 0 Å². The van der Waals surface area contributed by atoms with E-state index >= 15 is 0 Å². The van der Waals surface area contributed by atoms with Crippen molar-refractivity contribution >= 4 is 25.5 Å². The summed E-state index contributed by atoms with van der Waals surface area (Å²) in [6, 6.07) is 9.49.